The summed E-state index contributed by atoms with van der Waals surface area (Å²) in [5.74, 6) is 0.654. The minimum Gasteiger partial charge on any atom is -0.244 e. The van der Waals surface area contributed by atoms with Crippen molar-refractivity contribution >= 4 is 39.4 Å². The van der Waals surface area contributed by atoms with Gasteiger partial charge in [-0.25, -0.2) is 4.98 Å². The van der Waals surface area contributed by atoms with Crippen LogP contribution in [0.3, 0.4) is 0 Å². The van der Waals surface area contributed by atoms with Crippen LogP contribution in [0.4, 0.5) is 0 Å². The van der Waals surface area contributed by atoms with Crippen LogP contribution in [-0.4, -0.2) is 24.8 Å². The van der Waals surface area contributed by atoms with Crippen LogP contribution in [0.25, 0.3) is 39.5 Å². The molecule has 0 spiro atoms. The van der Waals surface area contributed by atoms with Crippen molar-refractivity contribution in [1.82, 2.24) is 24.8 Å². The monoisotopic (exact) mass is 355 g/mol. The predicted molar refractivity (Wildman–Crippen MR) is 105 cm³/mol. The summed E-state index contributed by atoms with van der Waals surface area (Å²) in [6, 6.07) is 22.2. The van der Waals surface area contributed by atoms with Gasteiger partial charge in [-0.05, 0) is 23.8 Å². The van der Waals surface area contributed by atoms with E-state index in [2.05, 4.69) is 27.4 Å². The van der Waals surface area contributed by atoms with Gasteiger partial charge >= 0.3 is 0 Å². The second-order valence-electron chi connectivity index (χ2n) is 5.79. The minimum absolute atomic E-state index is 0.654. The van der Waals surface area contributed by atoms with E-state index in [1.807, 2.05) is 66.7 Å². The smallest absolute Gasteiger partial charge is 0.235 e. The average Bonchev–Trinajstić information content (AvgIpc) is 3.27. The number of nitrogens with zero attached hydrogens (tertiary/aromatic N) is 5. The zero-order valence-electron chi connectivity index (χ0n) is 13.6. The maximum absolute atomic E-state index is 4.69. The van der Waals surface area contributed by atoms with Crippen LogP contribution < -0.4 is 0 Å². The van der Waals surface area contributed by atoms with Crippen molar-refractivity contribution in [2.45, 2.75) is 0 Å². The molecule has 0 amide bonds. The SMILES string of the molecule is C(=C/c1nn2c(-c3ccc4ccccc4n3)nnc2s1)/c1ccccc1. The van der Waals surface area contributed by atoms with E-state index in [0.717, 1.165) is 32.1 Å². The summed E-state index contributed by atoms with van der Waals surface area (Å²) in [5.41, 5.74) is 2.83. The molecule has 0 N–H and O–H groups in total. The molecule has 5 rings (SSSR count). The molecule has 6 heteroatoms. The molecule has 5 aromatic rings. The lowest BCUT2D eigenvalue weighted by Crippen LogP contribution is -1.93. The molecule has 3 heterocycles. The normalized spacial score (nSPS) is 11.7. The molecular weight excluding hydrogens is 342 g/mol. The van der Waals surface area contributed by atoms with E-state index in [1.54, 1.807) is 4.52 Å². The molecule has 0 aliphatic heterocycles. The third-order valence-electron chi connectivity index (χ3n) is 4.05. The second kappa shape index (κ2) is 6.16. The Bertz CT molecular complexity index is 1240. The summed E-state index contributed by atoms with van der Waals surface area (Å²) in [7, 11) is 0. The Morgan fingerprint density at radius 2 is 1.65 bits per heavy atom. The van der Waals surface area contributed by atoms with Crippen molar-refractivity contribution in [2.75, 3.05) is 0 Å². The van der Waals surface area contributed by atoms with Crippen molar-refractivity contribution in [3.8, 4) is 11.5 Å². The molecule has 0 fully saturated rings. The molecule has 2 aromatic carbocycles. The van der Waals surface area contributed by atoms with Gasteiger partial charge in [0.25, 0.3) is 0 Å². The fourth-order valence-corrected chi connectivity index (χ4v) is 3.52. The highest BCUT2D eigenvalue weighted by atomic mass is 32.1. The maximum Gasteiger partial charge on any atom is 0.235 e. The summed E-state index contributed by atoms with van der Waals surface area (Å²) < 4.78 is 1.76. The number of hydrogen-bond donors (Lipinski definition) is 0. The fourth-order valence-electron chi connectivity index (χ4n) is 2.78. The first-order chi connectivity index (χ1) is 12.9. The van der Waals surface area contributed by atoms with Gasteiger partial charge in [-0.3, -0.25) is 0 Å². The van der Waals surface area contributed by atoms with Gasteiger partial charge in [-0.2, -0.15) is 9.61 Å². The Hall–Kier alpha value is -3.38. The summed E-state index contributed by atoms with van der Waals surface area (Å²) in [6.45, 7) is 0. The molecule has 0 saturated heterocycles. The Labute approximate surface area is 153 Å². The molecule has 0 radical (unpaired) electrons. The van der Waals surface area contributed by atoms with Crippen molar-refractivity contribution in [3.63, 3.8) is 0 Å². The summed E-state index contributed by atoms with van der Waals surface area (Å²) in [5, 5.41) is 15.1. The summed E-state index contributed by atoms with van der Waals surface area (Å²) >= 11 is 1.50. The van der Waals surface area contributed by atoms with Gasteiger partial charge < -0.3 is 0 Å². The average molecular weight is 355 g/mol. The van der Waals surface area contributed by atoms with Crippen LogP contribution >= 0.6 is 11.3 Å². The minimum atomic E-state index is 0.654. The fraction of sp³-hybridized carbons (Fsp3) is 0. The lowest BCUT2D eigenvalue weighted by atomic mass is 10.2. The van der Waals surface area contributed by atoms with Gasteiger partial charge in [0.15, 0.2) is 0 Å². The molecule has 0 aliphatic rings. The van der Waals surface area contributed by atoms with Gasteiger partial charge in [0, 0.05) is 5.39 Å². The third-order valence-corrected chi connectivity index (χ3v) is 4.92. The molecule has 0 unspecified atom stereocenters. The van der Waals surface area contributed by atoms with Crippen LogP contribution in [0.1, 0.15) is 10.6 Å². The zero-order chi connectivity index (χ0) is 17.3. The Morgan fingerprint density at radius 1 is 0.808 bits per heavy atom. The Balaban J connectivity index is 1.54. The van der Waals surface area contributed by atoms with Crippen molar-refractivity contribution in [3.05, 3.63) is 77.3 Å². The van der Waals surface area contributed by atoms with Gasteiger partial charge in [-0.1, -0.05) is 72.0 Å². The molecular formula is C20H13N5S. The molecule has 3 aromatic heterocycles. The van der Waals surface area contributed by atoms with Gasteiger partial charge in [0.05, 0.1) is 5.52 Å². The van der Waals surface area contributed by atoms with Gasteiger partial charge in [0.1, 0.15) is 10.7 Å². The first kappa shape index (κ1) is 14.9. The van der Waals surface area contributed by atoms with Gasteiger partial charge in [0.2, 0.25) is 10.8 Å². The molecule has 124 valence electrons. The zero-order valence-corrected chi connectivity index (χ0v) is 14.5. The van der Waals surface area contributed by atoms with Crippen LogP contribution in [0.2, 0.25) is 0 Å². The number of fused-ring (bicyclic) bond motifs is 2. The van der Waals surface area contributed by atoms with Crippen LogP contribution in [0.5, 0.6) is 0 Å². The number of rotatable bonds is 3. The second-order valence-corrected chi connectivity index (χ2v) is 6.78. The highest BCUT2D eigenvalue weighted by Crippen LogP contribution is 2.23. The first-order valence-corrected chi connectivity index (χ1v) is 9.00. The Kier molecular flexibility index (Phi) is 3.54. The largest absolute Gasteiger partial charge is 0.244 e. The summed E-state index contributed by atoms with van der Waals surface area (Å²) in [6.07, 6.45) is 4.03. The van der Waals surface area contributed by atoms with E-state index in [-0.39, 0.29) is 0 Å². The van der Waals surface area contributed by atoms with E-state index in [0.29, 0.717) is 5.82 Å². The highest BCUT2D eigenvalue weighted by Gasteiger charge is 2.13. The third kappa shape index (κ3) is 2.66. The van der Waals surface area contributed by atoms with Gasteiger partial charge in [-0.15, -0.1) is 10.2 Å². The Morgan fingerprint density at radius 3 is 2.58 bits per heavy atom. The van der Waals surface area contributed by atoms with E-state index in [1.165, 1.54) is 11.3 Å². The van der Waals surface area contributed by atoms with E-state index in [9.17, 15) is 0 Å². The van der Waals surface area contributed by atoms with Crippen LogP contribution in [-0.2, 0) is 0 Å². The van der Waals surface area contributed by atoms with E-state index >= 15 is 0 Å². The number of benzene rings is 2. The molecule has 0 saturated carbocycles. The summed E-state index contributed by atoms with van der Waals surface area (Å²) in [4.78, 5) is 5.45. The number of aromatic nitrogens is 5. The van der Waals surface area contributed by atoms with Crippen molar-refractivity contribution in [1.29, 1.82) is 0 Å². The van der Waals surface area contributed by atoms with E-state index < -0.39 is 0 Å². The lowest BCUT2D eigenvalue weighted by molar-refractivity contribution is 0.953. The number of para-hydroxylation sites is 1. The van der Waals surface area contributed by atoms with Crippen molar-refractivity contribution < 1.29 is 0 Å². The maximum atomic E-state index is 4.69. The first-order valence-electron chi connectivity index (χ1n) is 8.18. The quantitative estimate of drug-likeness (QED) is 0.476. The predicted octanol–water partition coefficient (Wildman–Crippen LogP) is 4.57. The molecule has 26 heavy (non-hydrogen) atoms. The lowest BCUT2D eigenvalue weighted by Gasteiger charge is -1.99. The number of hydrogen-bond acceptors (Lipinski definition) is 5. The number of pyridine rings is 1. The van der Waals surface area contributed by atoms with Crippen molar-refractivity contribution in [2.24, 2.45) is 0 Å². The molecule has 0 atom stereocenters. The molecule has 0 aliphatic carbocycles. The van der Waals surface area contributed by atoms with Crippen LogP contribution in [0, 0.1) is 0 Å². The van der Waals surface area contributed by atoms with Crippen LogP contribution in [0.15, 0.2) is 66.7 Å². The highest BCUT2D eigenvalue weighted by molar-refractivity contribution is 7.17. The van der Waals surface area contributed by atoms with E-state index in [4.69, 9.17) is 4.98 Å². The molecule has 0 bridgehead atoms. The topological polar surface area (TPSA) is 56.0 Å². The standard InChI is InChI=1S/C20H13N5S/c1-2-6-14(7-3-1)10-13-18-24-25-19(22-23-20(25)26-18)17-12-11-15-8-4-5-9-16(15)21-17/h1-13H/b13-10-. The molecule has 5 nitrogen and oxygen atoms in total.